The summed E-state index contributed by atoms with van der Waals surface area (Å²) in [6, 6.07) is 20.3. The van der Waals surface area contributed by atoms with Crippen LogP contribution in [-0.4, -0.2) is 11.9 Å². The highest BCUT2D eigenvalue weighted by Crippen LogP contribution is 2.23. The van der Waals surface area contributed by atoms with Gasteiger partial charge in [0.05, 0.1) is 32.2 Å². The van der Waals surface area contributed by atoms with Gasteiger partial charge in [-0.15, -0.1) is 0 Å². The van der Waals surface area contributed by atoms with Crippen molar-refractivity contribution in [3.8, 4) is 11.5 Å². The fourth-order valence-corrected chi connectivity index (χ4v) is 5.27. The molecule has 0 radical (unpaired) electrons. The minimum Gasteiger partial charge on any atom is -0.427 e. The highest BCUT2D eigenvalue weighted by Gasteiger charge is 2.15. The molecule has 0 fully saturated rings. The number of carbonyl (C=O) groups excluding carboxylic acids is 2. The van der Waals surface area contributed by atoms with Crippen LogP contribution in [0.3, 0.4) is 0 Å². The Bertz CT molecular complexity index is 1800. The minimum absolute atomic E-state index is 0.303. The average Bonchev–Trinajstić information content (AvgIpc) is 2.87. The van der Waals surface area contributed by atoms with Gasteiger partial charge in [-0.3, -0.25) is 9.59 Å². The van der Waals surface area contributed by atoms with Crippen molar-refractivity contribution in [2.75, 3.05) is 0 Å². The van der Waals surface area contributed by atoms with Crippen LogP contribution in [0.5, 0.6) is 11.5 Å². The van der Waals surface area contributed by atoms with Crippen LogP contribution in [0.15, 0.2) is 82.8 Å². The van der Waals surface area contributed by atoms with Gasteiger partial charge in [0.25, 0.3) is 0 Å². The average molecular weight is 612 g/mol. The molecule has 0 unspecified atom stereocenters. The molecule has 0 bridgehead atoms. The van der Waals surface area contributed by atoms with Gasteiger partial charge in [0.1, 0.15) is 11.5 Å². The third-order valence-corrected chi connectivity index (χ3v) is 6.81. The summed E-state index contributed by atoms with van der Waals surface area (Å²) in [6.07, 6.45) is 0. The standard InChI is InChI=1S/C30H18Cl4N2O4/c1-15(37)39-21-7-3-17(4-8-21)27-23-11-19(31)13-25(33)29(23)36-28(18-5-9-22(10-6-18)40-16(2)38)24-12-20(32)14-26(34)30(24)35-27/h3-14H,1-2H3/b27-23-,28-24-,35-27?,35-30-,36-28?,36-29-. The van der Waals surface area contributed by atoms with Crippen molar-refractivity contribution in [1.29, 1.82) is 0 Å². The highest BCUT2D eigenvalue weighted by molar-refractivity contribution is 6.35. The van der Waals surface area contributed by atoms with Crippen molar-refractivity contribution in [2.24, 2.45) is 9.98 Å². The maximum atomic E-state index is 11.4. The first kappa shape index (κ1) is 27.9. The Labute approximate surface area is 248 Å². The number of benzene rings is 4. The maximum absolute atomic E-state index is 11.4. The summed E-state index contributed by atoms with van der Waals surface area (Å²) >= 11 is 26.3. The second-order valence-corrected chi connectivity index (χ2v) is 10.4. The molecule has 0 aliphatic carbocycles. The molecule has 0 spiro atoms. The first-order chi connectivity index (χ1) is 19.1. The zero-order valence-corrected chi connectivity index (χ0v) is 24.0. The summed E-state index contributed by atoms with van der Waals surface area (Å²) in [5.41, 5.74) is 2.34. The summed E-state index contributed by atoms with van der Waals surface area (Å²) in [4.78, 5) is 32.8. The van der Waals surface area contributed by atoms with Crippen molar-refractivity contribution >= 4 is 69.7 Å². The number of fused-ring (bicyclic) bond motifs is 2. The van der Waals surface area contributed by atoms with Gasteiger partial charge in [-0.25, -0.2) is 9.98 Å². The Morgan fingerprint density at radius 3 is 1.25 bits per heavy atom. The predicted octanol–water partition coefficient (Wildman–Crippen LogP) is 5.42. The number of hydrogen-bond acceptors (Lipinski definition) is 6. The molecule has 200 valence electrons. The van der Waals surface area contributed by atoms with Crippen molar-refractivity contribution < 1.29 is 19.1 Å². The molecule has 0 atom stereocenters. The van der Waals surface area contributed by atoms with Gasteiger partial charge in [0, 0.05) is 45.5 Å². The molecule has 0 amide bonds. The number of halogens is 4. The lowest BCUT2D eigenvalue weighted by atomic mass is 10.1. The van der Waals surface area contributed by atoms with Crippen LogP contribution in [-0.2, 0) is 9.59 Å². The van der Waals surface area contributed by atoms with Crippen LogP contribution in [0.4, 0.5) is 0 Å². The third kappa shape index (κ3) is 5.91. The number of esters is 2. The van der Waals surface area contributed by atoms with Crippen LogP contribution in [0.25, 0.3) is 11.4 Å². The Balaban J connectivity index is 1.88. The number of carbonyl (C=O) groups is 2. The second-order valence-electron chi connectivity index (χ2n) is 8.72. The van der Waals surface area contributed by atoms with E-state index in [0.29, 0.717) is 75.3 Å². The van der Waals surface area contributed by atoms with Gasteiger partial charge in [0.2, 0.25) is 0 Å². The van der Waals surface area contributed by atoms with Gasteiger partial charge >= 0.3 is 11.9 Å². The Hall–Kier alpha value is -3.68. The molecule has 10 heteroatoms. The molecule has 40 heavy (non-hydrogen) atoms. The summed E-state index contributed by atoms with van der Waals surface area (Å²) in [5.74, 6) is -0.0925. The first-order valence-corrected chi connectivity index (χ1v) is 13.3. The second kappa shape index (κ2) is 11.4. The molecule has 4 aromatic rings. The molecule has 1 aliphatic heterocycles. The first-order valence-electron chi connectivity index (χ1n) is 11.8. The number of hydrogen-bond donors (Lipinski definition) is 0. The van der Waals surface area contributed by atoms with Gasteiger partial charge in [-0.2, -0.15) is 0 Å². The number of ether oxygens (including phenoxy) is 2. The minimum atomic E-state index is -0.430. The van der Waals surface area contributed by atoms with Gasteiger partial charge in [0.15, 0.2) is 0 Å². The summed E-state index contributed by atoms with van der Waals surface area (Å²) < 4.78 is 10.4. The van der Waals surface area contributed by atoms with Crippen molar-refractivity contribution in [1.82, 2.24) is 0 Å². The maximum Gasteiger partial charge on any atom is 0.308 e. The van der Waals surface area contributed by atoms with Gasteiger partial charge < -0.3 is 9.47 Å². The number of rotatable bonds is 4. The Morgan fingerprint density at radius 1 is 0.575 bits per heavy atom. The lowest BCUT2D eigenvalue weighted by Gasteiger charge is -2.12. The molecule has 0 saturated carbocycles. The van der Waals surface area contributed by atoms with Gasteiger partial charge in [-0.05, 0) is 72.8 Å². The third-order valence-electron chi connectivity index (χ3n) is 5.79. The molecule has 1 aliphatic rings. The summed E-state index contributed by atoms with van der Waals surface area (Å²) in [6.45, 7) is 2.66. The Kier molecular flexibility index (Phi) is 7.97. The quantitative estimate of drug-likeness (QED) is 0.228. The van der Waals surface area contributed by atoms with E-state index in [0.717, 1.165) is 0 Å². The summed E-state index contributed by atoms with van der Waals surface area (Å²) in [7, 11) is 0. The van der Waals surface area contributed by atoms with Crippen LogP contribution >= 0.6 is 46.4 Å². The molecular formula is C30H18Cl4N2O4. The SMILES string of the molecule is CC(=O)Oc1ccc(C2=c3\cc(Cl)cc(Cl)\c3=N/C(c3ccc(OC(C)=O)cc3)=c3/cc(Cl)cc(Cl)/c3=N\2)cc1. The van der Waals surface area contributed by atoms with E-state index in [1.54, 1.807) is 72.8 Å². The monoisotopic (exact) mass is 610 g/mol. The molecule has 0 N–H and O–H groups in total. The highest BCUT2D eigenvalue weighted by atomic mass is 35.5. The topological polar surface area (TPSA) is 77.3 Å². The van der Waals surface area contributed by atoms with Crippen LogP contribution in [0.1, 0.15) is 25.0 Å². The van der Waals surface area contributed by atoms with E-state index in [1.807, 2.05) is 0 Å². The number of nitrogens with zero attached hydrogens (tertiary/aromatic N) is 2. The van der Waals surface area contributed by atoms with Crippen LogP contribution in [0.2, 0.25) is 20.1 Å². The fourth-order valence-electron chi connectivity index (χ4n) is 4.20. The fraction of sp³-hybridized carbons (Fsp3) is 0.0667. The molecular weight excluding hydrogens is 594 g/mol. The van der Waals surface area contributed by atoms with Gasteiger partial charge in [-0.1, -0.05) is 46.4 Å². The largest absolute Gasteiger partial charge is 0.427 e. The van der Waals surface area contributed by atoms with Crippen LogP contribution in [0, 0.1) is 0 Å². The van der Waals surface area contributed by atoms with Crippen LogP contribution < -0.4 is 30.6 Å². The van der Waals surface area contributed by atoms with E-state index in [1.165, 1.54) is 13.8 Å². The molecule has 0 saturated heterocycles. The van der Waals surface area contributed by atoms with E-state index < -0.39 is 11.9 Å². The van der Waals surface area contributed by atoms with Crippen molar-refractivity contribution in [3.05, 3.63) is 125 Å². The molecule has 4 aromatic carbocycles. The van der Waals surface area contributed by atoms with E-state index in [9.17, 15) is 9.59 Å². The molecule has 1 heterocycles. The zero-order chi connectivity index (χ0) is 28.6. The lowest BCUT2D eigenvalue weighted by molar-refractivity contribution is -0.132. The van der Waals surface area contributed by atoms with E-state index in [-0.39, 0.29) is 0 Å². The summed E-state index contributed by atoms with van der Waals surface area (Å²) in [5, 5.41) is 3.35. The van der Waals surface area contributed by atoms with Crippen molar-refractivity contribution in [3.63, 3.8) is 0 Å². The Morgan fingerprint density at radius 2 is 0.925 bits per heavy atom. The molecule has 0 aromatic heterocycles. The van der Waals surface area contributed by atoms with E-state index >= 15 is 0 Å². The lowest BCUT2D eigenvalue weighted by Crippen LogP contribution is -2.36. The molecule has 5 rings (SSSR count). The van der Waals surface area contributed by atoms with E-state index in [2.05, 4.69) is 0 Å². The van der Waals surface area contributed by atoms with Crippen molar-refractivity contribution in [2.45, 2.75) is 13.8 Å². The van der Waals surface area contributed by atoms with E-state index in [4.69, 9.17) is 65.9 Å². The molecule has 6 nitrogen and oxygen atoms in total. The normalized spacial score (nSPS) is 16.6. The zero-order valence-electron chi connectivity index (χ0n) is 21.0. The smallest absolute Gasteiger partial charge is 0.308 e. The predicted molar refractivity (Wildman–Crippen MR) is 155 cm³/mol.